The number of aromatic hydroxyl groups is 1. The van der Waals surface area contributed by atoms with E-state index in [9.17, 15) is 9.18 Å². The van der Waals surface area contributed by atoms with Crippen LogP contribution < -0.4 is 0 Å². The van der Waals surface area contributed by atoms with Crippen molar-refractivity contribution in [1.82, 2.24) is 4.98 Å². The zero-order valence-corrected chi connectivity index (χ0v) is 6.95. The van der Waals surface area contributed by atoms with Crippen LogP contribution in [-0.4, -0.2) is 22.7 Å². The molecule has 0 aromatic carbocycles. The first-order chi connectivity index (χ1) is 6.15. The number of aromatic nitrogens is 1. The lowest BCUT2D eigenvalue weighted by Gasteiger charge is -2.02. The van der Waals surface area contributed by atoms with Gasteiger partial charge in [-0.05, 0) is 6.92 Å². The molecule has 0 fully saturated rings. The Hall–Kier alpha value is -1.65. The van der Waals surface area contributed by atoms with Crippen molar-refractivity contribution in [2.45, 2.75) is 6.92 Å². The van der Waals surface area contributed by atoms with Gasteiger partial charge in [0, 0.05) is 6.07 Å². The van der Waals surface area contributed by atoms with Crippen LogP contribution in [0.1, 0.15) is 17.3 Å². The van der Waals surface area contributed by atoms with Crippen LogP contribution in [0.4, 0.5) is 4.39 Å². The van der Waals surface area contributed by atoms with Gasteiger partial charge in [0.15, 0.2) is 0 Å². The largest absolute Gasteiger partial charge is 0.505 e. The van der Waals surface area contributed by atoms with Crippen molar-refractivity contribution in [3.63, 3.8) is 0 Å². The van der Waals surface area contributed by atoms with Crippen LogP contribution in [0.5, 0.6) is 5.75 Å². The number of carbonyl (C=O) groups is 1. The Kier molecular flexibility index (Phi) is 2.79. The van der Waals surface area contributed by atoms with Crippen LogP contribution >= 0.6 is 0 Å². The van der Waals surface area contributed by atoms with E-state index < -0.39 is 11.9 Å². The van der Waals surface area contributed by atoms with Crippen molar-refractivity contribution in [3.8, 4) is 5.75 Å². The molecule has 1 aromatic heterocycles. The third-order valence-corrected chi connectivity index (χ3v) is 1.34. The highest BCUT2D eigenvalue weighted by molar-refractivity contribution is 5.92. The molecular formula is C8H8FNO3. The van der Waals surface area contributed by atoms with Gasteiger partial charge in [0.25, 0.3) is 0 Å². The second-order valence-corrected chi connectivity index (χ2v) is 2.24. The Morgan fingerprint density at radius 2 is 2.46 bits per heavy atom. The fraction of sp³-hybridized carbons (Fsp3) is 0.250. The minimum atomic E-state index is -0.833. The van der Waals surface area contributed by atoms with Crippen LogP contribution in [-0.2, 0) is 4.74 Å². The molecule has 0 saturated heterocycles. The Balaban J connectivity index is 2.99. The molecule has 4 nitrogen and oxygen atoms in total. The van der Waals surface area contributed by atoms with Gasteiger partial charge >= 0.3 is 5.97 Å². The first-order valence-corrected chi connectivity index (χ1v) is 3.66. The third kappa shape index (κ3) is 2.14. The maximum atomic E-state index is 12.5. The Morgan fingerprint density at radius 3 is 3.08 bits per heavy atom. The normalized spacial score (nSPS) is 9.69. The van der Waals surface area contributed by atoms with E-state index in [4.69, 9.17) is 5.11 Å². The summed E-state index contributed by atoms with van der Waals surface area (Å²) in [5.41, 5.74) is -0.214. The van der Waals surface area contributed by atoms with Gasteiger partial charge in [-0.2, -0.15) is 4.39 Å². The molecule has 1 heterocycles. The molecule has 0 spiro atoms. The molecule has 1 N–H and O–H groups in total. The lowest BCUT2D eigenvalue weighted by Crippen LogP contribution is -2.05. The molecule has 13 heavy (non-hydrogen) atoms. The molecule has 0 aliphatic heterocycles. The summed E-state index contributed by atoms with van der Waals surface area (Å²) < 4.78 is 17.1. The average Bonchev–Trinajstić information content (AvgIpc) is 2.09. The Morgan fingerprint density at radius 1 is 1.77 bits per heavy atom. The minimum absolute atomic E-state index is 0.169. The second kappa shape index (κ2) is 3.84. The molecule has 0 radical (unpaired) electrons. The van der Waals surface area contributed by atoms with Crippen LogP contribution in [0.25, 0.3) is 0 Å². The highest BCUT2D eigenvalue weighted by atomic mass is 19.1. The number of carbonyl (C=O) groups excluding carboxylic acids is 1. The molecule has 0 amide bonds. The number of hydrogen-bond acceptors (Lipinski definition) is 4. The van der Waals surface area contributed by atoms with Crippen LogP contribution in [0.3, 0.4) is 0 Å². The van der Waals surface area contributed by atoms with E-state index in [-0.39, 0.29) is 17.9 Å². The van der Waals surface area contributed by atoms with E-state index in [1.807, 2.05) is 0 Å². The molecule has 0 aliphatic carbocycles. The van der Waals surface area contributed by atoms with E-state index in [0.717, 1.165) is 12.3 Å². The van der Waals surface area contributed by atoms with Gasteiger partial charge in [-0.3, -0.25) is 0 Å². The first-order valence-electron chi connectivity index (χ1n) is 3.66. The zero-order valence-electron chi connectivity index (χ0n) is 6.95. The third-order valence-electron chi connectivity index (χ3n) is 1.34. The highest BCUT2D eigenvalue weighted by Crippen LogP contribution is 2.16. The average molecular weight is 185 g/mol. The SMILES string of the molecule is CCOC(=O)c1cc(F)ncc1O. The minimum Gasteiger partial charge on any atom is -0.505 e. The van der Waals surface area contributed by atoms with Gasteiger partial charge in [0.1, 0.15) is 11.3 Å². The fourth-order valence-electron chi connectivity index (χ4n) is 0.795. The molecule has 70 valence electrons. The van der Waals surface area contributed by atoms with Crippen molar-refractivity contribution in [1.29, 1.82) is 0 Å². The number of pyridine rings is 1. The lowest BCUT2D eigenvalue weighted by atomic mass is 10.2. The van der Waals surface area contributed by atoms with Crippen molar-refractivity contribution >= 4 is 5.97 Å². The number of esters is 1. The van der Waals surface area contributed by atoms with E-state index >= 15 is 0 Å². The standard InChI is InChI=1S/C8H8FNO3/c1-2-13-8(12)5-3-7(9)10-4-6(5)11/h3-4,11H,2H2,1H3. The molecule has 1 rings (SSSR count). The molecule has 0 aliphatic rings. The summed E-state index contributed by atoms with van der Waals surface area (Å²) in [6, 6.07) is 0.827. The summed E-state index contributed by atoms with van der Waals surface area (Å²) in [4.78, 5) is 14.2. The van der Waals surface area contributed by atoms with E-state index in [1.54, 1.807) is 6.92 Å². The van der Waals surface area contributed by atoms with Crippen molar-refractivity contribution < 1.29 is 19.0 Å². The second-order valence-electron chi connectivity index (χ2n) is 2.24. The summed E-state index contributed by atoms with van der Waals surface area (Å²) in [5.74, 6) is -1.98. The van der Waals surface area contributed by atoms with Gasteiger partial charge in [0.05, 0.1) is 12.8 Å². The summed E-state index contributed by atoms with van der Waals surface area (Å²) in [6.45, 7) is 1.79. The molecule has 0 atom stereocenters. The predicted molar refractivity (Wildman–Crippen MR) is 41.8 cm³/mol. The molecule has 5 heteroatoms. The summed E-state index contributed by atoms with van der Waals surface area (Å²) in [6.07, 6.45) is 0.863. The topological polar surface area (TPSA) is 59.4 Å². The maximum Gasteiger partial charge on any atom is 0.342 e. The molecule has 0 unspecified atom stereocenters. The van der Waals surface area contributed by atoms with Crippen LogP contribution in [0.15, 0.2) is 12.3 Å². The summed E-state index contributed by atoms with van der Waals surface area (Å²) >= 11 is 0. The number of ether oxygens (including phenoxy) is 1. The molecular weight excluding hydrogens is 177 g/mol. The van der Waals surface area contributed by atoms with E-state index in [2.05, 4.69) is 9.72 Å². The highest BCUT2D eigenvalue weighted by Gasteiger charge is 2.13. The van der Waals surface area contributed by atoms with Gasteiger partial charge in [-0.25, -0.2) is 9.78 Å². The van der Waals surface area contributed by atoms with Crippen molar-refractivity contribution in [2.24, 2.45) is 0 Å². The van der Waals surface area contributed by atoms with E-state index in [1.165, 1.54) is 0 Å². The number of halogens is 1. The van der Waals surface area contributed by atoms with Gasteiger partial charge < -0.3 is 9.84 Å². The van der Waals surface area contributed by atoms with E-state index in [0.29, 0.717) is 0 Å². The zero-order chi connectivity index (χ0) is 9.84. The number of rotatable bonds is 2. The number of nitrogens with zero attached hydrogens (tertiary/aromatic N) is 1. The predicted octanol–water partition coefficient (Wildman–Crippen LogP) is 1.10. The number of hydrogen-bond donors (Lipinski definition) is 1. The smallest absolute Gasteiger partial charge is 0.342 e. The fourth-order valence-corrected chi connectivity index (χ4v) is 0.795. The van der Waals surface area contributed by atoms with Gasteiger partial charge in [0.2, 0.25) is 5.95 Å². The van der Waals surface area contributed by atoms with Gasteiger partial charge in [-0.15, -0.1) is 0 Å². The van der Waals surface area contributed by atoms with Crippen molar-refractivity contribution in [3.05, 3.63) is 23.8 Å². The molecule has 0 saturated carbocycles. The Bertz CT molecular complexity index is 327. The molecule has 1 aromatic rings. The molecule has 0 bridgehead atoms. The van der Waals surface area contributed by atoms with Crippen molar-refractivity contribution in [2.75, 3.05) is 6.61 Å². The maximum absolute atomic E-state index is 12.5. The summed E-state index contributed by atoms with van der Waals surface area (Å²) in [7, 11) is 0. The quantitative estimate of drug-likeness (QED) is 0.553. The lowest BCUT2D eigenvalue weighted by molar-refractivity contribution is 0.0522. The Labute approximate surface area is 74.0 Å². The van der Waals surface area contributed by atoms with Gasteiger partial charge in [-0.1, -0.05) is 0 Å². The first kappa shape index (κ1) is 9.44. The summed E-state index contributed by atoms with van der Waals surface area (Å²) in [5, 5.41) is 9.10. The van der Waals surface area contributed by atoms with Crippen LogP contribution in [0.2, 0.25) is 0 Å². The van der Waals surface area contributed by atoms with Crippen LogP contribution in [0, 0.1) is 5.95 Å². The monoisotopic (exact) mass is 185 g/mol.